The van der Waals surface area contributed by atoms with Crippen LogP contribution >= 0.6 is 11.6 Å². The Morgan fingerprint density at radius 2 is 1.74 bits per heavy atom. The Bertz CT molecular complexity index is 556. The van der Waals surface area contributed by atoms with Crippen molar-refractivity contribution in [2.75, 3.05) is 0 Å². The second-order valence-electron chi connectivity index (χ2n) is 5.55. The third-order valence-electron chi connectivity index (χ3n) is 4.13. The zero-order valence-corrected chi connectivity index (χ0v) is 11.9. The molecule has 2 aromatic rings. The summed E-state index contributed by atoms with van der Waals surface area (Å²) in [5, 5.41) is 8.88. The molecule has 1 fully saturated rings. The van der Waals surface area contributed by atoms with Crippen LogP contribution in [0.5, 0.6) is 0 Å². The van der Waals surface area contributed by atoms with E-state index in [1.807, 2.05) is 18.2 Å². The standard InChI is InChI=1S/C15H18ClN3/c1-15(10-6-3-7-11-15)19-13(17-18-14(19)16)12-8-4-2-5-9-12/h2,4-5,8-9H,3,6-7,10-11H2,1H3. The van der Waals surface area contributed by atoms with Gasteiger partial charge < -0.3 is 0 Å². The molecule has 0 amide bonds. The lowest BCUT2D eigenvalue weighted by Gasteiger charge is -2.36. The van der Waals surface area contributed by atoms with Crippen LogP contribution in [0.2, 0.25) is 5.28 Å². The summed E-state index contributed by atoms with van der Waals surface area (Å²) in [4.78, 5) is 0. The number of benzene rings is 1. The van der Waals surface area contributed by atoms with Gasteiger partial charge >= 0.3 is 0 Å². The molecule has 1 aliphatic rings. The first kappa shape index (κ1) is 12.7. The fourth-order valence-electron chi connectivity index (χ4n) is 3.05. The van der Waals surface area contributed by atoms with Gasteiger partial charge in [-0.3, -0.25) is 4.57 Å². The molecule has 3 rings (SSSR count). The van der Waals surface area contributed by atoms with Gasteiger partial charge in [0.15, 0.2) is 5.82 Å². The predicted octanol–water partition coefficient (Wildman–Crippen LogP) is 4.28. The third-order valence-corrected chi connectivity index (χ3v) is 4.37. The van der Waals surface area contributed by atoms with E-state index in [1.54, 1.807) is 0 Å². The minimum Gasteiger partial charge on any atom is -0.292 e. The molecule has 19 heavy (non-hydrogen) atoms. The van der Waals surface area contributed by atoms with Crippen molar-refractivity contribution in [2.45, 2.75) is 44.6 Å². The number of aromatic nitrogens is 3. The van der Waals surface area contributed by atoms with E-state index >= 15 is 0 Å². The third kappa shape index (κ3) is 2.27. The van der Waals surface area contributed by atoms with Gasteiger partial charge in [-0.25, -0.2) is 0 Å². The monoisotopic (exact) mass is 275 g/mol. The van der Waals surface area contributed by atoms with E-state index in [-0.39, 0.29) is 5.54 Å². The SMILES string of the molecule is CC1(n2c(Cl)nnc2-c2ccccc2)CCCCC1. The molecule has 1 heterocycles. The Kier molecular flexibility index (Phi) is 3.31. The van der Waals surface area contributed by atoms with Crippen LogP contribution in [0.25, 0.3) is 11.4 Å². The molecule has 1 aromatic heterocycles. The molecule has 0 atom stereocenters. The zero-order valence-electron chi connectivity index (χ0n) is 11.1. The van der Waals surface area contributed by atoms with Crippen molar-refractivity contribution < 1.29 is 0 Å². The van der Waals surface area contributed by atoms with Crippen LogP contribution in [0.15, 0.2) is 30.3 Å². The molecule has 1 saturated carbocycles. The summed E-state index contributed by atoms with van der Waals surface area (Å²) >= 11 is 6.31. The molecular weight excluding hydrogens is 258 g/mol. The molecule has 0 N–H and O–H groups in total. The maximum absolute atomic E-state index is 6.31. The summed E-state index contributed by atoms with van der Waals surface area (Å²) in [6.07, 6.45) is 6.10. The fraction of sp³-hybridized carbons (Fsp3) is 0.467. The lowest BCUT2D eigenvalue weighted by molar-refractivity contribution is 0.221. The summed E-state index contributed by atoms with van der Waals surface area (Å²) in [5.41, 5.74) is 1.12. The Hall–Kier alpha value is -1.35. The molecular formula is C15H18ClN3. The predicted molar refractivity (Wildman–Crippen MR) is 77.2 cm³/mol. The first-order valence-electron chi connectivity index (χ1n) is 6.87. The Labute approximate surface area is 118 Å². The summed E-state index contributed by atoms with van der Waals surface area (Å²) < 4.78 is 2.13. The molecule has 0 unspecified atom stereocenters. The minimum atomic E-state index is 0.0456. The molecule has 0 aliphatic heterocycles. The fourth-order valence-corrected chi connectivity index (χ4v) is 3.38. The maximum atomic E-state index is 6.31. The molecule has 0 radical (unpaired) electrons. The van der Waals surface area contributed by atoms with Gasteiger partial charge in [0, 0.05) is 11.1 Å². The van der Waals surface area contributed by atoms with E-state index < -0.39 is 0 Å². The summed E-state index contributed by atoms with van der Waals surface area (Å²) in [6, 6.07) is 10.2. The van der Waals surface area contributed by atoms with Crippen LogP contribution in [0.1, 0.15) is 39.0 Å². The van der Waals surface area contributed by atoms with Gasteiger partial charge in [0.05, 0.1) is 0 Å². The van der Waals surface area contributed by atoms with Crippen LogP contribution in [0.4, 0.5) is 0 Å². The van der Waals surface area contributed by atoms with Gasteiger partial charge in [-0.15, -0.1) is 10.2 Å². The minimum absolute atomic E-state index is 0.0456. The van der Waals surface area contributed by atoms with Crippen molar-refractivity contribution in [2.24, 2.45) is 0 Å². The number of nitrogens with zero attached hydrogens (tertiary/aromatic N) is 3. The molecule has 3 nitrogen and oxygen atoms in total. The van der Waals surface area contributed by atoms with Crippen molar-refractivity contribution in [3.8, 4) is 11.4 Å². The van der Waals surface area contributed by atoms with E-state index in [0.29, 0.717) is 5.28 Å². The van der Waals surface area contributed by atoms with Crippen molar-refractivity contribution in [1.82, 2.24) is 14.8 Å². The number of hydrogen-bond donors (Lipinski definition) is 0. The highest BCUT2D eigenvalue weighted by Gasteiger charge is 2.33. The van der Waals surface area contributed by atoms with Crippen LogP contribution in [-0.2, 0) is 5.54 Å². The highest BCUT2D eigenvalue weighted by Crippen LogP contribution is 2.39. The lowest BCUT2D eigenvalue weighted by Crippen LogP contribution is -2.33. The molecule has 0 bridgehead atoms. The summed E-state index contributed by atoms with van der Waals surface area (Å²) in [5.74, 6) is 0.884. The van der Waals surface area contributed by atoms with Crippen LogP contribution in [-0.4, -0.2) is 14.8 Å². The molecule has 0 spiro atoms. The topological polar surface area (TPSA) is 30.7 Å². The normalized spacial score (nSPS) is 18.4. The zero-order chi connectivity index (χ0) is 13.3. The van der Waals surface area contributed by atoms with E-state index in [4.69, 9.17) is 11.6 Å². The Morgan fingerprint density at radius 3 is 2.42 bits per heavy atom. The van der Waals surface area contributed by atoms with Crippen molar-refractivity contribution in [3.05, 3.63) is 35.6 Å². The van der Waals surface area contributed by atoms with E-state index in [2.05, 4.69) is 33.8 Å². The van der Waals surface area contributed by atoms with Crippen molar-refractivity contribution in [1.29, 1.82) is 0 Å². The Morgan fingerprint density at radius 1 is 1.05 bits per heavy atom. The van der Waals surface area contributed by atoms with Gasteiger partial charge in [-0.1, -0.05) is 49.6 Å². The highest BCUT2D eigenvalue weighted by atomic mass is 35.5. The quantitative estimate of drug-likeness (QED) is 0.819. The molecule has 1 aliphatic carbocycles. The summed E-state index contributed by atoms with van der Waals surface area (Å²) in [7, 11) is 0. The van der Waals surface area contributed by atoms with Gasteiger partial charge in [0.1, 0.15) is 0 Å². The van der Waals surface area contributed by atoms with Crippen molar-refractivity contribution >= 4 is 11.6 Å². The molecule has 0 saturated heterocycles. The first-order chi connectivity index (χ1) is 9.21. The average Bonchev–Trinajstić information content (AvgIpc) is 2.83. The number of hydrogen-bond acceptors (Lipinski definition) is 2. The van der Waals surface area contributed by atoms with Gasteiger partial charge in [0.2, 0.25) is 5.28 Å². The number of rotatable bonds is 2. The largest absolute Gasteiger partial charge is 0.292 e. The highest BCUT2D eigenvalue weighted by molar-refractivity contribution is 6.28. The molecule has 4 heteroatoms. The van der Waals surface area contributed by atoms with Crippen molar-refractivity contribution in [3.63, 3.8) is 0 Å². The molecule has 100 valence electrons. The van der Waals surface area contributed by atoms with Crippen LogP contribution < -0.4 is 0 Å². The molecule has 1 aromatic carbocycles. The second kappa shape index (κ2) is 4.97. The lowest BCUT2D eigenvalue weighted by atomic mass is 9.83. The first-order valence-corrected chi connectivity index (χ1v) is 7.25. The van der Waals surface area contributed by atoms with Gasteiger partial charge in [0.25, 0.3) is 0 Å². The average molecular weight is 276 g/mol. The van der Waals surface area contributed by atoms with E-state index in [9.17, 15) is 0 Å². The van der Waals surface area contributed by atoms with E-state index in [1.165, 1.54) is 19.3 Å². The second-order valence-corrected chi connectivity index (χ2v) is 5.89. The van der Waals surface area contributed by atoms with Crippen LogP contribution in [0, 0.1) is 0 Å². The van der Waals surface area contributed by atoms with Crippen LogP contribution in [0.3, 0.4) is 0 Å². The van der Waals surface area contributed by atoms with Gasteiger partial charge in [-0.2, -0.15) is 0 Å². The number of halogens is 1. The summed E-state index contributed by atoms with van der Waals surface area (Å²) in [6.45, 7) is 2.27. The maximum Gasteiger partial charge on any atom is 0.225 e. The smallest absolute Gasteiger partial charge is 0.225 e. The Balaban J connectivity index is 2.08. The van der Waals surface area contributed by atoms with Gasteiger partial charge in [-0.05, 0) is 31.4 Å². The van der Waals surface area contributed by atoms with E-state index in [0.717, 1.165) is 24.2 Å².